The van der Waals surface area contributed by atoms with Crippen LogP contribution in [0, 0.1) is 0 Å². The average molecular weight is 475 g/mol. The third kappa shape index (κ3) is 5.49. The minimum Gasteiger partial charge on any atom is -0.496 e. The van der Waals surface area contributed by atoms with Crippen LogP contribution in [0.4, 0.5) is 5.13 Å². The molecule has 2 aromatic carbocycles. The van der Waals surface area contributed by atoms with E-state index in [1.165, 1.54) is 37.5 Å². The van der Waals surface area contributed by atoms with E-state index >= 15 is 0 Å². The number of hydrogen-bond acceptors (Lipinski definition) is 7. The highest BCUT2D eigenvalue weighted by Crippen LogP contribution is 2.28. The predicted molar refractivity (Wildman–Crippen MR) is 122 cm³/mol. The molecule has 2 amide bonds. The van der Waals surface area contributed by atoms with E-state index in [4.69, 9.17) is 9.88 Å². The van der Waals surface area contributed by atoms with E-state index in [9.17, 15) is 18.0 Å². The predicted octanol–water partition coefficient (Wildman–Crippen LogP) is 2.92. The van der Waals surface area contributed by atoms with Gasteiger partial charge in [0.05, 0.1) is 29.3 Å². The number of hydrogen-bond donors (Lipinski definition) is 3. The average Bonchev–Trinajstić information content (AvgIpc) is 3.20. The first-order chi connectivity index (χ1) is 15.1. The van der Waals surface area contributed by atoms with E-state index in [0.29, 0.717) is 10.8 Å². The lowest BCUT2D eigenvalue weighted by Gasteiger charge is -2.13. The molecule has 0 radical (unpaired) electrons. The summed E-state index contributed by atoms with van der Waals surface area (Å²) >= 11 is 1.23. The molecule has 168 valence electrons. The van der Waals surface area contributed by atoms with Crippen LogP contribution in [0.3, 0.4) is 0 Å². The van der Waals surface area contributed by atoms with Crippen molar-refractivity contribution in [1.29, 1.82) is 0 Å². The van der Waals surface area contributed by atoms with Gasteiger partial charge in [-0.1, -0.05) is 24.3 Å². The Morgan fingerprint density at radius 3 is 2.44 bits per heavy atom. The number of nitrogens with two attached hydrogens (primary N) is 1. The van der Waals surface area contributed by atoms with Gasteiger partial charge in [-0.2, -0.15) is 0 Å². The molecule has 0 spiro atoms. The SMILES string of the molecule is COc1ccc(S(N)(=O)=O)cc1C(=O)Nc1nc(-c2ccc(C(C)NC(C)=O)cc2)cs1. The summed E-state index contributed by atoms with van der Waals surface area (Å²) in [5, 5.41) is 12.8. The number of primary sulfonamides is 1. The molecule has 0 aliphatic heterocycles. The second kappa shape index (κ2) is 9.47. The largest absolute Gasteiger partial charge is 0.496 e. The van der Waals surface area contributed by atoms with Crippen LogP contribution in [-0.4, -0.2) is 32.3 Å². The number of carbonyl (C=O) groups excluding carboxylic acids is 2. The van der Waals surface area contributed by atoms with Gasteiger partial charge in [-0.15, -0.1) is 11.3 Å². The minimum absolute atomic E-state index is 0.0205. The van der Waals surface area contributed by atoms with E-state index in [1.807, 2.05) is 31.2 Å². The number of anilines is 1. The summed E-state index contributed by atoms with van der Waals surface area (Å²) in [5.41, 5.74) is 2.48. The molecule has 0 aliphatic carbocycles. The Morgan fingerprint density at radius 2 is 1.84 bits per heavy atom. The van der Waals surface area contributed by atoms with Crippen LogP contribution < -0.4 is 20.5 Å². The maximum absolute atomic E-state index is 12.7. The molecule has 1 heterocycles. The highest BCUT2D eigenvalue weighted by Gasteiger charge is 2.19. The van der Waals surface area contributed by atoms with E-state index in [1.54, 1.807) is 5.38 Å². The van der Waals surface area contributed by atoms with E-state index in [2.05, 4.69) is 15.6 Å². The van der Waals surface area contributed by atoms with Crippen molar-refractivity contribution in [1.82, 2.24) is 10.3 Å². The molecule has 0 fully saturated rings. The number of amides is 2. The molecule has 0 saturated heterocycles. The molecule has 1 aromatic heterocycles. The van der Waals surface area contributed by atoms with Gasteiger partial charge in [0, 0.05) is 17.9 Å². The molecule has 32 heavy (non-hydrogen) atoms. The lowest BCUT2D eigenvalue weighted by atomic mass is 10.1. The molecule has 9 nitrogen and oxygen atoms in total. The van der Waals surface area contributed by atoms with Gasteiger partial charge in [-0.05, 0) is 30.7 Å². The maximum atomic E-state index is 12.7. The molecule has 1 unspecified atom stereocenters. The van der Waals surface area contributed by atoms with Crippen LogP contribution in [0.1, 0.15) is 35.8 Å². The van der Waals surface area contributed by atoms with Crippen molar-refractivity contribution >= 4 is 38.3 Å². The van der Waals surface area contributed by atoms with Crippen molar-refractivity contribution in [2.45, 2.75) is 24.8 Å². The molecular weight excluding hydrogens is 452 g/mol. The van der Waals surface area contributed by atoms with Crippen LogP contribution in [-0.2, 0) is 14.8 Å². The quantitative estimate of drug-likeness (QED) is 0.481. The monoisotopic (exact) mass is 474 g/mol. The zero-order valence-electron chi connectivity index (χ0n) is 17.6. The Labute approximate surface area is 189 Å². The van der Waals surface area contributed by atoms with Gasteiger partial charge in [0.1, 0.15) is 5.75 Å². The number of methoxy groups -OCH3 is 1. The number of nitrogens with zero attached hydrogens (tertiary/aromatic N) is 1. The van der Waals surface area contributed by atoms with Gasteiger partial charge < -0.3 is 10.1 Å². The first-order valence-electron chi connectivity index (χ1n) is 9.43. The second-order valence-electron chi connectivity index (χ2n) is 6.94. The maximum Gasteiger partial charge on any atom is 0.261 e. The van der Waals surface area contributed by atoms with Gasteiger partial charge in [0.15, 0.2) is 5.13 Å². The van der Waals surface area contributed by atoms with E-state index in [0.717, 1.165) is 17.2 Å². The standard InChI is InChI=1S/C21H22N4O5S2/c1-12(23-13(2)26)14-4-6-15(7-5-14)18-11-31-21(24-18)25-20(27)17-10-16(32(22,28)29)8-9-19(17)30-3/h4-12H,1-3H3,(H,23,26)(H2,22,28,29)(H,24,25,27). The summed E-state index contributed by atoms with van der Waals surface area (Å²) in [5.74, 6) is -0.476. The number of benzene rings is 2. The number of sulfonamides is 1. The Morgan fingerprint density at radius 1 is 1.16 bits per heavy atom. The fraction of sp³-hybridized carbons (Fsp3) is 0.190. The molecule has 0 saturated carbocycles. The van der Waals surface area contributed by atoms with Crippen molar-refractivity contribution in [3.63, 3.8) is 0 Å². The molecule has 11 heteroatoms. The van der Waals surface area contributed by atoms with Gasteiger partial charge in [-0.25, -0.2) is 18.5 Å². The lowest BCUT2D eigenvalue weighted by Crippen LogP contribution is -2.23. The zero-order valence-corrected chi connectivity index (χ0v) is 19.2. The molecule has 3 rings (SSSR count). The summed E-state index contributed by atoms with van der Waals surface area (Å²) in [4.78, 5) is 28.2. The number of rotatable bonds is 7. The molecule has 1 atom stereocenters. The van der Waals surface area contributed by atoms with E-state index < -0.39 is 15.9 Å². The van der Waals surface area contributed by atoms with Crippen molar-refractivity contribution in [2.75, 3.05) is 12.4 Å². The van der Waals surface area contributed by atoms with Gasteiger partial charge in [0.2, 0.25) is 15.9 Å². The van der Waals surface area contributed by atoms with Crippen molar-refractivity contribution in [3.05, 3.63) is 59.0 Å². The van der Waals surface area contributed by atoms with E-state index in [-0.39, 0.29) is 28.2 Å². The first-order valence-corrected chi connectivity index (χ1v) is 11.9. The van der Waals surface area contributed by atoms with Crippen LogP contribution >= 0.6 is 11.3 Å². The smallest absolute Gasteiger partial charge is 0.261 e. The topological polar surface area (TPSA) is 140 Å². The summed E-state index contributed by atoms with van der Waals surface area (Å²) < 4.78 is 28.4. The lowest BCUT2D eigenvalue weighted by molar-refractivity contribution is -0.119. The zero-order chi connectivity index (χ0) is 23.5. The fourth-order valence-corrected chi connectivity index (χ4v) is 4.26. The third-order valence-corrected chi connectivity index (χ3v) is 6.26. The molecule has 4 N–H and O–H groups in total. The minimum atomic E-state index is -3.98. The Kier molecular flexibility index (Phi) is 6.92. The highest BCUT2D eigenvalue weighted by atomic mass is 32.2. The first kappa shape index (κ1) is 23.4. The molecule has 3 aromatic rings. The van der Waals surface area contributed by atoms with Gasteiger partial charge in [-0.3, -0.25) is 14.9 Å². The van der Waals surface area contributed by atoms with Crippen LogP contribution in [0.25, 0.3) is 11.3 Å². The summed E-state index contributed by atoms with van der Waals surface area (Å²) in [6.07, 6.45) is 0. The number of carbonyl (C=O) groups is 2. The Balaban J connectivity index is 1.78. The fourth-order valence-electron chi connectivity index (χ4n) is 3.00. The Hall–Kier alpha value is -3.28. The van der Waals surface area contributed by atoms with Crippen LogP contribution in [0.15, 0.2) is 52.7 Å². The van der Waals surface area contributed by atoms with Gasteiger partial charge in [0.25, 0.3) is 5.91 Å². The molecular formula is C21H22N4O5S2. The van der Waals surface area contributed by atoms with Crippen molar-refractivity contribution in [3.8, 4) is 17.0 Å². The molecule has 0 aliphatic rings. The number of nitrogens with one attached hydrogen (secondary N) is 2. The number of thiazole rings is 1. The second-order valence-corrected chi connectivity index (χ2v) is 9.36. The van der Waals surface area contributed by atoms with Crippen LogP contribution in [0.2, 0.25) is 0 Å². The molecule has 0 bridgehead atoms. The Bertz CT molecular complexity index is 1250. The summed E-state index contributed by atoms with van der Waals surface area (Å²) in [6, 6.07) is 11.2. The third-order valence-electron chi connectivity index (χ3n) is 4.59. The van der Waals surface area contributed by atoms with Gasteiger partial charge >= 0.3 is 0 Å². The summed E-state index contributed by atoms with van der Waals surface area (Å²) in [6.45, 7) is 3.36. The van der Waals surface area contributed by atoms with Crippen molar-refractivity contribution in [2.24, 2.45) is 5.14 Å². The van der Waals surface area contributed by atoms with Crippen LogP contribution in [0.5, 0.6) is 5.75 Å². The van der Waals surface area contributed by atoms with Crippen molar-refractivity contribution < 1.29 is 22.7 Å². The normalized spacial score (nSPS) is 12.1. The number of ether oxygens (including phenoxy) is 1. The highest BCUT2D eigenvalue weighted by molar-refractivity contribution is 7.89. The number of aromatic nitrogens is 1. The summed E-state index contributed by atoms with van der Waals surface area (Å²) in [7, 11) is -2.60.